The molecule has 1 aliphatic rings. The van der Waals surface area contributed by atoms with E-state index >= 15 is 0 Å². The second kappa shape index (κ2) is 6.38. The molecule has 1 aliphatic heterocycles. The minimum absolute atomic E-state index is 0.00312. The van der Waals surface area contributed by atoms with Crippen molar-refractivity contribution in [3.05, 3.63) is 46.8 Å². The number of imidazole rings is 1. The number of rotatable bonds is 3. The quantitative estimate of drug-likeness (QED) is 0.583. The Morgan fingerprint density at radius 2 is 1.96 bits per heavy atom. The molecule has 4 aromatic rings. The van der Waals surface area contributed by atoms with Crippen molar-refractivity contribution in [2.24, 2.45) is 7.05 Å². The van der Waals surface area contributed by atoms with Crippen molar-refractivity contribution in [1.82, 2.24) is 29.1 Å². The van der Waals surface area contributed by atoms with E-state index in [1.807, 2.05) is 19.1 Å². The lowest BCUT2D eigenvalue weighted by Crippen LogP contribution is -2.26. The topological polar surface area (TPSA) is 99.8 Å². The number of nitrogens with zero attached hydrogens (tertiary/aromatic N) is 6. The number of anilines is 2. The van der Waals surface area contributed by atoms with Gasteiger partial charge in [-0.2, -0.15) is 4.98 Å². The van der Waals surface area contributed by atoms with Gasteiger partial charge < -0.3 is 10.1 Å². The molecule has 1 N–H and O–H groups in total. The van der Waals surface area contributed by atoms with E-state index in [9.17, 15) is 4.79 Å². The number of nitrogens with one attached hydrogen (secondary N) is 1. The zero-order valence-corrected chi connectivity index (χ0v) is 15.6. The summed E-state index contributed by atoms with van der Waals surface area (Å²) in [6.45, 7) is 3.17. The first-order valence-corrected chi connectivity index (χ1v) is 9.12. The monoisotopic (exact) mass is 377 g/mol. The minimum Gasteiger partial charge on any atom is -0.379 e. The molecule has 0 amide bonds. The smallest absolute Gasteiger partial charge is 0.330 e. The third kappa shape index (κ3) is 2.63. The molecule has 28 heavy (non-hydrogen) atoms. The molecule has 0 bridgehead atoms. The summed E-state index contributed by atoms with van der Waals surface area (Å²) in [6, 6.07) is 3.89. The average Bonchev–Trinajstić information content (AvgIpc) is 3.30. The molecule has 4 heterocycles. The number of aryl methyl sites for hydroxylation is 2. The van der Waals surface area contributed by atoms with Gasteiger partial charge in [0.2, 0.25) is 5.95 Å². The van der Waals surface area contributed by atoms with E-state index in [0.29, 0.717) is 30.3 Å². The maximum absolute atomic E-state index is 12.7. The maximum atomic E-state index is 12.7. The largest absolute Gasteiger partial charge is 0.379 e. The van der Waals surface area contributed by atoms with Crippen LogP contribution in [0, 0.1) is 6.92 Å². The van der Waals surface area contributed by atoms with Crippen LogP contribution < -0.4 is 11.0 Å². The van der Waals surface area contributed by atoms with Gasteiger partial charge in [0, 0.05) is 31.7 Å². The summed E-state index contributed by atoms with van der Waals surface area (Å²) >= 11 is 0. The number of fused-ring (bicyclic) bond motifs is 2. The third-order valence-electron chi connectivity index (χ3n) is 5.17. The fraction of sp³-hybridized carbons (Fsp3) is 0.316. The van der Waals surface area contributed by atoms with Crippen molar-refractivity contribution in [3.63, 3.8) is 0 Å². The van der Waals surface area contributed by atoms with E-state index in [4.69, 9.17) is 4.74 Å². The van der Waals surface area contributed by atoms with Crippen LogP contribution in [-0.4, -0.2) is 42.3 Å². The van der Waals surface area contributed by atoms with E-state index in [-0.39, 0.29) is 11.7 Å². The Balaban J connectivity index is 1.59. The first-order chi connectivity index (χ1) is 13.6. The first-order valence-electron chi connectivity index (χ1n) is 9.12. The second-order valence-corrected chi connectivity index (χ2v) is 6.97. The molecule has 0 radical (unpaired) electrons. The fourth-order valence-corrected chi connectivity index (χ4v) is 3.62. The number of benzene rings is 1. The van der Waals surface area contributed by atoms with Gasteiger partial charge in [-0.1, -0.05) is 0 Å². The number of aromatic nitrogens is 6. The van der Waals surface area contributed by atoms with Crippen molar-refractivity contribution in [2.75, 3.05) is 18.5 Å². The third-order valence-corrected chi connectivity index (χ3v) is 5.17. The van der Waals surface area contributed by atoms with Crippen molar-refractivity contribution >= 4 is 33.8 Å². The Kier molecular flexibility index (Phi) is 3.83. The Bertz CT molecular complexity index is 1250. The highest BCUT2D eigenvalue weighted by Gasteiger charge is 2.24. The Hall–Kier alpha value is -3.33. The molecule has 9 nitrogen and oxygen atoms in total. The molecule has 1 atom stereocenters. The fourth-order valence-electron chi connectivity index (χ4n) is 3.62. The van der Waals surface area contributed by atoms with Gasteiger partial charge in [-0.05, 0) is 31.0 Å². The van der Waals surface area contributed by atoms with Gasteiger partial charge >= 0.3 is 5.69 Å². The second-order valence-electron chi connectivity index (χ2n) is 6.97. The first kappa shape index (κ1) is 16.8. The highest BCUT2D eigenvalue weighted by atomic mass is 16.5. The molecular weight excluding hydrogens is 358 g/mol. The zero-order chi connectivity index (χ0) is 19.3. The van der Waals surface area contributed by atoms with Gasteiger partial charge in [-0.25, -0.2) is 9.78 Å². The zero-order valence-electron chi connectivity index (χ0n) is 15.6. The predicted octanol–water partition coefficient (Wildman–Crippen LogP) is 2.09. The van der Waals surface area contributed by atoms with Gasteiger partial charge in [-0.3, -0.25) is 19.1 Å². The van der Waals surface area contributed by atoms with Gasteiger partial charge in [0.15, 0.2) is 5.65 Å². The average molecular weight is 377 g/mol. The van der Waals surface area contributed by atoms with E-state index in [0.717, 1.165) is 28.7 Å². The predicted molar refractivity (Wildman–Crippen MR) is 105 cm³/mol. The summed E-state index contributed by atoms with van der Waals surface area (Å²) < 4.78 is 8.76. The van der Waals surface area contributed by atoms with Crippen LogP contribution in [0.4, 0.5) is 11.6 Å². The molecule has 142 valence electrons. The van der Waals surface area contributed by atoms with E-state index in [1.165, 1.54) is 0 Å². The molecule has 0 aliphatic carbocycles. The molecule has 1 saturated heterocycles. The van der Waals surface area contributed by atoms with Crippen LogP contribution in [0.25, 0.3) is 22.2 Å². The molecular formula is C19H19N7O2. The minimum atomic E-state index is -0.103. The Morgan fingerprint density at radius 3 is 2.71 bits per heavy atom. The summed E-state index contributed by atoms with van der Waals surface area (Å²) in [5.74, 6) is 0.428. The number of hydrogen-bond donors (Lipinski definition) is 1. The van der Waals surface area contributed by atoms with Crippen LogP contribution >= 0.6 is 0 Å². The highest BCUT2D eigenvalue weighted by Crippen LogP contribution is 2.25. The van der Waals surface area contributed by atoms with E-state index in [1.54, 1.807) is 34.8 Å². The standard InChI is InChI=1S/C19H19N7O2/c1-11-7-14-15(21-5-4-20-14)8-13(11)23-18-22-9-16-17(24-18)26(19(27)25(16)2)12-3-6-28-10-12/h4-5,7-9,12H,3,6,10H2,1-2H3,(H,22,23,24)/t12-/m1/s1. The Morgan fingerprint density at radius 1 is 1.18 bits per heavy atom. The number of hydrogen-bond acceptors (Lipinski definition) is 7. The molecule has 0 spiro atoms. The molecule has 3 aromatic heterocycles. The molecule has 0 unspecified atom stereocenters. The molecule has 1 aromatic carbocycles. The van der Waals surface area contributed by atoms with Gasteiger partial charge in [0.25, 0.3) is 0 Å². The summed E-state index contributed by atoms with van der Waals surface area (Å²) in [7, 11) is 1.74. The lowest BCUT2D eigenvalue weighted by Gasteiger charge is -2.11. The maximum Gasteiger partial charge on any atom is 0.330 e. The van der Waals surface area contributed by atoms with Crippen LogP contribution in [-0.2, 0) is 11.8 Å². The molecule has 0 saturated carbocycles. The summed E-state index contributed by atoms with van der Waals surface area (Å²) in [6.07, 6.45) is 5.81. The normalized spacial score (nSPS) is 16.9. The summed E-state index contributed by atoms with van der Waals surface area (Å²) in [5, 5.41) is 3.26. The van der Waals surface area contributed by atoms with Gasteiger partial charge in [0.05, 0.1) is 29.9 Å². The molecule has 1 fully saturated rings. The lowest BCUT2D eigenvalue weighted by molar-refractivity contribution is 0.186. The van der Waals surface area contributed by atoms with Gasteiger partial charge in [0.1, 0.15) is 5.52 Å². The van der Waals surface area contributed by atoms with Gasteiger partial charge in [-0.15, -0.1) is 0 Å². The number of ether oxygens (including phenoxy) is 1. The van der Waals surface area contributed by atoms with Crippen molar-refractivity contribution in [2.45, 2.75) is 19.4 Å². The van der Waals surface area contributed by atoms with Crippen LogP contribution in [0.5, 0.6) is 0 Å². The molecule has 5 rings (SSSR count). The van der Waals surface area contributed by atoms with Crippen LogP contribution in [0.2, 0.25) is 0 Å². The van der Waals surface area contributed by atoms with Crippen molar-refractivity contribution in [1.29, 1.82) is 0 Å². The lowest BCUT2D eigenvalue weighted by atomic mass is 10.1. The molecule has 9 heteroatoms. The summed E-state index contributed by atoms with van der Waals surface area (Å²) in [5.41, 5.74) is 4.68. The van der Waals surface area contributed by atoms with Crippen LogP contribution in [0.15, 0.2) is 35.5 Å². The van der Waals surface area contributed by atoms with Crippen LogP contribution in [0.3, 0.4) is 0 Å². The van der Waals surface area contributed by atoms with Crippen molar-refractivity contribution in [3.8, 4) is 0 Å². The summed E-state index contributed by atoms with van der Waals surface area (Å²) in [4.78, 5) is 30.4. The van der Waals surface area contributed by atoms with Crippen LogP contribution in [0.1, 0.15) is 18.0 Å². The van der Waals surface area contributed by atoms with Crippen molar-refractivity contribution < 1.29 is 4.74 Å². The SMILES string of the molecule is Cc1cc2nccnc2cc1Nc1ncc2c(n1)n([C@@H]1CCOC1)c(=O)n2C. The van der Waals surface area contributed by atoms with E-state index < -0.39 is 0 Å². The highest BCUT2D eigenvalue weighted by molar-refractivity contribution is 5.82. The van der Waals surface area contributed by atoms with E-state index in [2.05, 4.69) is 25.3 Å². The Labute approximate surface area is 160 Å².